The number of halogens is 2. The van der Waals surface area contributed by atoms with Crippen LogP contribution in [0, 0.1) is 3.57 Å². The highest BCUT2D eigenvalue weighted by Gasteiger charge is 2.08. The van der Waals surface area contributed by atoms with E-state index in [-0.39, 0.29) is 0 Å². The van der Waals surface area contributed by atoms with E-state index in [0.29, 0.717) is 11.6 Å². The van der Waals surface area contributed by atoms with Gasteiger partial charge in [-0.2, -0.15) is 0 Å². The predicted molar refractivity (Wildman–Crippen MR) is 80.0 cm³/mol. The lowest BCUT2D eigenvalue weighted by Gasteiger charge is -2.10. The van der Waals surface area contributed by atoms with Gasteiger partial charge in [-0.25, -0.2) is 4.98 Å². The minimum atomic E-state index is 0.665. The van der Waals surface area contributed by atoms with Gasteiger partial charge in [0, 0.05) is 22.5 Å². The zero-order valence-electron chi connectivity index (χ0n) is 9.03. The monoisotopic (exact) mass is 359 g/mol. The summed E-state index contributed by atoms with van der Waals surface area (Å²) in [7, 11) is 0. The lowest BCUT2D eigenvalue weighted by atomic mass is 10.3. The van der Waals surface area contributed by atoms with Gasteiger partial charge in [0.2, 0.25) is 5.95 Å². The van der Waals surface area contributed by atoms with Gasteiger partial charge in [-0.1, -0.05) is 17.7 Å². The second-order valence-electron chi connectivity index (χ2n) is 3.39. The van der Waals surface area contributed by atoms with Crippen molar-refractivity contribution in [1.29, 1.82) is 0 Å². The van der Waals surface area contributed by atoms with E-state index in [0.717, 1.165) is 15.2 Å². The number of hydrogen-bond acceptors (Lipinski definition) is 2. The summed E-state index contributed by atoms with van der Waals surface area (Å²) in [5, 5.41) is 3.86. The van der Waals surface area contributed by atoms with E-state index in [1.54, 1.807) is 12.3 Å². The van der Waals surface area contributed by atoms with Crippen molar-refractivity contribution < 1.29 is 0 Å². The first-order valence-corrected chi connectivity index (χ1v) is 6.51. The molecule has 0 aliphatic heterocycles. The molecule has 1 aromatic heterocycles. The third kappa shape index (κ3) is 2.81. The van der Waals surface area contributed by atoms with Crippen LogP contribution < -0.4 is 5.32 Å². The molecule has 1 heterocycles. The Balaban J connectivity index is 2.42. The van der Waals surface area contributed by atoms with Crippen LogP contribution in [0.3, 0.4) is 0 Å². The molecule has 0 atom stereocenters. The number of nitrogens with one attached hydrogen (secondary N) is 1. The number of hydrogen-bond donors (Lipinski definition) is 1. The lowest BCUT2D eigenvalue weighted by molar-refractivity contribution is 1.04. The zero-order chi connectivity index (χ0) is 12.3. The van der Waals surface area contributed by atoms with Crippen LogP contribution in [0.25, 0.3) is 5.69 Å². The summed E-state index contributed by atoms with van der Waals surface area (Å²) < 4.78 is 3.05. The first kappa shape index (κ1) is 12.4. The largest absolute Gasteiger partial charge is 0.352 e. The fourth-order valence-corrected chi connectivity index (χ4v) is 2.15. The van der Waals surface area contributed by atoms with Crippen LogP contribution in [0.1, 0.15) is 0 Å². The van der Waals surface area contributed by atoms with Crippen molar-refractivity contribution in [2.45, 2.75) is 0 Å². The fourth-order valence-electron chi connectivity index (χ4n) is 1.46. The molecule has 0 saturated carbocycles. The highest BCUT2D eigenvalue weighted by atomic mass is 127. The van der Waals surface area contributed by atoms with Gasteiger partial charge in [0.1, 0.15) is 0 Å². The lowest BCUT2D eigenvalue weighted by Crippen LogP contribution is -2.06. The summed E-state index contributed by atoms with van der Waals surface area (Å²) in [5.41, 5.74) is 0.919. The number of aromatic nitrogens is 2. The average Bonchev–Trinajstić information content (AvgIpc) is 2.77. The van der Waals surface area contributed by atoms with Crippen LogP contribution in [-0.2, 0) is 0 Å². The van der Waals surface area contributed by atoms with E-state index in [2.05, 4.69) is 39.5 Å². The molecule has 0 aliphatic rings. The zero-order valence-corrected chi connectivity index (χ0v) is 11.9. The van der Waals surface area contributed by atoms with Crippen molar-refractivity contribution in [1.82, 2.24) is 9.55 Å². The Morgan fingerprint density at radius 3 is 3.12 bits per heavy atom. The highest BCUT2D eigenvalue weighted by molar-refractivity contribution is 14.1. The quantitative estimate of drug-likeness (QED) is 0.666. The summed E-state index contributed by atoms with van der Waals surface area (Å²) in [6.45, 7) is 4.33. The van der Waals surface area contributed by atoms with Crippen molar-refractivity contribution >= 4 is 40.1 Å². The van der Waals surface area contributed by atoms with Crippen molar-refractivity contribution in [3.8, 4) is 5.69 Å². The van der Waals surface area contributed by atoms with Crippen molar-refractivity contribution in [2.75, 3.05) is 11.9 Å². The molecule has 2 aromatic rings. The van der Waals surface area contributed by atoms with E-state index in [4.69, 9.17) is 11.6 Å². The van der Waals surface area contributed by atoms with Gasteiger partial charge >= 0.3 is 0 Å². The Morgan fingerprint density at radius 1 is 1.53 bits per heavy atom. The first-order valence-electron chi connectivity index (χ1n) is 5.06. The molecule has 5 heteroatoms. The van der Waals surface area contributed by atoms with Gasteiger partial charge in [-0.05, 0) is 40.8 Å². The van der Waals surface area contributed by atoms with Gasteiger partial charge in [0.15, 0.2) is 0 Å². The molecule has 2 rings (SSSR count). The molecule has 0 saturated heterocycles. The molecule has 0 amide bonds. The Kier molecular flexibility index (Phi) is 4.06. The van der Waals surface area contributed by atoms with Crippen molar-refractivity contribution in [3.63, 3.8) is 0 Å². The van der Waals surface area contributed by atoms with Crippen LogP contribution in [0.4, 0.5) is 5.95 Å². The number of benzene rings is 1. The third-order valence-corrected chi connectivity index (χ3v) is 3.20. The Morgan fingerprint density at radius 2 is 2.35 bits per heavy atom. The average molecular weight is 360 g/mol. The molecule has 0 spiro atoms. The molecule has 0 fully saturated rings. The van der Waals surface area contributed by atoms with Gasteiger partial charge in [0.25, 0.3) is 0 Å². The van der Waals surface area contributed by atoms with E-state index >= 15 is 0 Å². The number of anilines is 1. The van der Waals surface area contributed by atoms with E-state index in [1.807, 2.05) is 29.0 Å². The molecule has 1 aromatic carbocycles. The van der Waals surface area contributed by atoms with Crippen LogP contribution in [0.15, 0.2) is 43.2 Å². The minimum Gasteiger partial charge on any atom is -0.352 e. The van der Waals surface area contributed by atoms with Crippen LogP contribution in [-0.4, -0.2) is 16.1 Å². The number of imidazole rings is 1. The van der Waals surface area contributed by atoms with Crippen molar-refractivity contribution in [2.24, 2.45) is 0 Å². The fraction of sp³-hybridized carbons (Fsp3) is 0.0833. The van der Waals surface area contributed by atoms with Crippen LogP contribution in [0.2, 0.25) is 5.02 Å². The Bertz CT molecular complexity index is 536. The summed E-state index contributed by atoms with van der Waals surface area (Å²) in [6.07, 6.45) is 5.40. The topological polar surface area (TPSA) is 29.9 Å². The molecule has 0 radical (unpaired) electrons. The molecule has 3 nitrogen and oxygen atoms in total. The third-order valence-electron chi connectivity index (χ3n) is 2.21. The maximum Gasteiger partial charge on any atom is 0.207 e. The van der Waals surface area contributed by atoms with Gasteiger partial charge in [-0.15, -0.1) is 6.58 Å². The summed E-state index contributed by atoms with van der Waals surface area (Å²) in [6, 6.07) is 5.87. The smallest absolute Gasteiger partial charge is 0.207 e. The second-order valence-corrected chi connectivity index (χ2v) is 5.04. The summed E-state index contributed by atoms with van der Waals surface area (Å²) in [5.74, 6) is 0.758. The Hall–Kier alpha value is -1.01. The Labute approximate surface area is 119 Å². The maximum atomic E-state index is 6.19. The SMILES string of the molecule is C=CCNc1nccn1-c1cc(I)ccc1Cl. The molecule has 88 valence electrons. The minimum absolute atomic E-state index is 0.665. The first-order chi connectivity index (χ1) is 8.22. The molecule has 0 unspecified atom stereocenters. The molecular formula is C12H11ClIN3. The van der Waals surface area contributed by atoms with Gasteiger partial charge in [0.05, 0.1) is 10.7 Å². The van der Waals surface area contributed by atoms with Gasteiger partial charge < -0.3 is 5.32 Å². The second kappa shape index (κ2) is 5.55. The van der Waals surface area contributed by atoms with Crippen molar-refractivity contribution in [3.05, 3.63) is 51.8 Å². The standard InChI is InChI=1S/C12H11ClIN3/c1-2-5-15-12-16-6-7-17(12)11-8-9(14)3-4-10(11)13/h2-4,6-8H,1,5H2,(H,15,16). The van der Waals surface area contributed by atoms with E-state index in [9.17, 15) is 0 Å². The molecule has 0 bridgehead atoms. The predicted octanol–water partition coefficient (Wildman–Crippen LogP) is 3.73. The summed E-state index contributed by atoms with van der Waals surface area (Å²) in [4.78, 5) is 4.24. The molecule has 1 N–H and O–H groups in total. The molecule has 17 heavy (non-hydrogen) atoms. The highest BCUT2D eigenvalue weighted by Crippen LogP contribution is 2.25. The number of rotatable bonds is 4. The van der Waals surface area contributed by atoms with E-state index in [1.165, 1.54) is 0 Å². The van der Waals surface area contributed by atoms with Gasteiger partial charge in [-0.3, -0.25) is 4.57 Å². The maximum absolute atomic E-state index is 6.19. The van der Waals surface area contributed by atoms with Crippen LogP contribution in [0.5, 0.6) is 0 Å². The normalized spacial score (nSPS) is 10.2. The summed E-state index contributed by atoms with van der Waals surface area (Å²) >= 11 is 8.45. The molecule has 0 aliphatic carbocycles. The number of nitrogens with zero attached hydrogens (tertiary/aromatic N) is 2. The molecular weight excluding hydrogens is 349 g/mol. The van der Waals surface area contributed by atoms with E-state index < -0.39 is 0 Å². The van der Waals surface area contributed by atoms with Crippen LogP contribution >= 0.6 is 34.2 Å².